The van der Waals surface area contributed by atoms with Crippen LogP contribution in [0.5, 0.6) is 0 Å². The summed E-state index contributed by atoms with van der Waals surface area (Å²) in [5.74, 6) is 0.429. The Labute approximate surface area is 118 Å². The van der Waals surface area contributed by atoms with E-state index in [0.717, 1.165) is 19.4 Å². The number of nitrogens with one attached hydrogen (secondary N) is 1. The summed E-state index contributed by atoms with van der Waals surface area (Å²) in [6.07, 6.45) is 4.63. The fourth-order valence-corrected chi connectivity index (χ4v) is 3.02. The molecule has 1 aromatic rings. The van der Waals surface area contributed by atoms with E-state index in [2.05, 4.69) is 46.4 Å². The van der Waals surface area contributed by atoms with Gasteiger partial charge in [-0.15, -0.1) is 0 Å². The molecule has 0 heterocycles. The standard InChI is InChI=1S/C15H22BrNO/c1-11(10-18)3-2-8-17-15-7-4-12-9-13(16)5-6-14(12)15/h5-6,9,11,15,17-18H,2-4,7-8,10H2,1H3. The van der Waals surface area contributed by atoms with Crippen molar-refractivity contribution in [3.63, 3.8) is 0 Å². The minimum absolute atomic E-state index is 0.306. The lowest BCUT2D eigenvalue weighted by Gasteiger charge is -2.15. The topological polar surface area (TPSA) is 32.3 Å². The van der Waals surface area contributed by atoms with Gasteiger partial charge in [-0.2, -0.15) is 0 Å². The van der Waals surface area contributed by atoms with Crippen molar-refractivity contribution in [3.05, 3.63) is 33.8 Å². The molecule has 18 heavy (non-hydrogen) atoms. The molecule has 0 spiro atoms. The Bertz CT molecular complexity index is 394. The third-order valence-electron chi connectivity index (χ3n) is 3.76. The predicted molar refractivity (Wildman–Crippen MR) is 78.7 cm³/mol. The molecule has 2 atom stereocenters. The zero-order valence-corrected chi connectivity index (χ0v) is 12.5. The van der Waals surface area contributed by atoms with Gasteiger partial charge in [0.15, 0.2) is 0 Å². The molecule has 1 aliphatic rings. The van der Waals surface area contributed by atoms with Gasteiger partial charge in [0.1, 0.15) is 0 Å². The molecule has 0 saturated carbocycles. The van der Waals surface area contributed by atoms with Crippen LogP contribution in [0.25, 0.3) is 0 Å². The Kier molecular flexibility index (Phi) is 5.22. The van der Waals surface area contributed by atoms with Gasteiger partial charge in [0, 0.05) is 17.1 Å². The molecule has 1 aliphatic carbocycles. The molecule has 1 aromatic carbocycles. The molecule has 0 saturated heterocycles. The zero-order chi connectivity index (χ0) is 13.0. The number of rotatable bonds is 6. The fourth-order valence-electron chi connectivity index (χ4n) is 2.62. The summed E-state index contributed by atoms with van der Waals surface area (Å²) < 4.78 is 1.18. The molecular formula is C15H22BrNO. The van der Waals surface area contributed by atoms with Crippen LogP contribution in [0.2, 0.25) is 0 Å². The second-order valence-corrected chi connectivity index (χ2v) is 6.23. The van der Waals surface area contributed by atoms with Crippen molar-refractivity contribution < 1.29 is 5.11 Å². The summed E-state index contributed by atoms with van der Waals surface area (Å²) in [6, 6.07) is 7.13. The minimum atomic E-state index is 0.306. The summed E-state index contributed by atoms with van der Waals surface area (Å²) >= 11 is 3.53. The van der Waals surface area contributed by atoms with Gasteiger partial charge in [-0.05, 0) is 61.4 Å². The van der Waals surface area contributed by atoms with Gasteiger partial charge in [-0.25, -0.2) is 0 Å². The van der Waals surface area contributed by atoms with E-state index in [-0.39, 0.29) is 0 Å². The summed E-state index contributed by atoms with van der Waals surface area (Å²) in [6.45, 7) is 3.45. The van der Waals surface area contributed by atoms with Crippen LogP contribution in [-0.4, -0.2) is 18.3 Å². The third kappa shape index (κ3) is 3.56. The SMILES string of the molecule is CC(CO)CCCNC1CCc2cc(Br)ccc21. The quantitative estimate of drug-likeness (QED) is 0.789. The molecule has 2 rings (SSSR count). The normalized spacial score (nSPS) is 19.8. The number of hydrogen-bond acceptors (Lipinski definition) is 2. The summed E-state index contributed by atoms with van der Waals surface area (Å²) in [4.78, 5) is 0. The second-order valence-electron chi connectivity index (χ2n) is 5.32. The Morgan fingerprint density at radius 2 is 2.33 bits per heavy atom. The van der Waals surface area contributed by atoms with Gasteiger partial charge >= 0.3 is 0 Å². The number of aryl methyl sites for hydroxylation is 1. The van der Waals surface area contributed by atoms with E-state index in [1.807, 2.05) is 0 Å². The summed E-state index contributed by atoms with van der Waals surface area (Å²) in [5.41, 5.74) is 2.94. The van der Waals surface area contributed by atoms with E-state index in [4.69, 9.17) is 5.11 Å². The van der Waals surface area contributed by atoms with Crippen molar-refractivity contribution in [2.75, 3.05) is 13.2 Å². The monoisotopic (exact) mass is 311 g/mol. The second kappa shape index (κ2) is 6.69. The van der Waals surface area contributed by atoms with Gasteiger partial charge in [0.05, 0.1) is 0 Å². The molecule has 0 radical (unpaired) electrons. The van der Waals surface area contributed by atoms with Crippen LogP contribution in [0.1, 0.15) is 43.4 Å². The van der Waals surface area contributed by atoms with Crippen molar-refractivity contribution in [1.82, 2.24) is 5.32 Å². The van der Waals surface area contributed by atoms with Crippen LogP contribution in [0.3, 0.4) is 0 Å². The van der Waals surface area contributed by atoms with E-state index in [1.165, 1.54) is 28.4 Å². The van der Waals surface area contributed by atoms with Crippen molar-refractivity contribution in [1.29, 1.82) is 0 Å². The van der Waals surface area contributed by atoms with E-state index in [0.29, 0.717) is 18.6 Å². The highest BCUT2D eigenvalue weighted by Gasteiger charge is 2.21. The Balaban J connectivity index is 1.79. The summed E-state index contributed by atoms with van der Waals surface area (Å²) in [5, 5.41) is 12.6. The van der Waals surface area contributed by atoms with Crippen molar-refractivity contribution >= 4 is 15.9 Å². The van der Waals surface area contributed by atoms with Crippen LogP contribution in [0, 0.1) is 5.92 Å². The Hall–Kier alpha value is -0.380. The highest BCUT2D eigenvalue weighted by atomic mass is 79.9. The lowest BCUT2D eigenvalue weighted by atomic mass is 10.1. The third-order valence-corrected chi connectivity index (χ3v) is 4.25. The molecular weight excluding hydrogens is 290 g/mol. The first-order chi connectivity index (χ1) is 8.70. The number of aliphatic hydroxyl groups is 1. The fraction of sp³-hybridized carbons (Fsp3) is 0.600. The van der Waals surface area contributed by atoms with Crippen LogP contribution in [-0.2, 0) is 6.42 Å². The van der Waals surface area contributed by atoms with Gasteiger partial charge in [0.25, 0.3) is 0 Å². The highest BCUT2D eigenvalue weighted by Crippen LogP contribution is 2.32. The molecule has 100 valence electrons. The molecule has 2 unspecified atom stereocenters. The minimum Gasteiger partial charge on any atom is -0.396 e. The highest BCUT2D eigenvalue weighted by molar-refractivity contribution is 9.10. The van der Waals surface area contributed by atoms with Gasteiger partial charge in [-0.1, -0.05) is 28.9 Å². The molecule has 0 bridgehead atoms. The average Bonchev–Trinajstić information content (AvgIpc) is 2.76. The zero-order valence-electron chi connectivity index (χ0n) is 11.0. The first-order valence-electron chi connectivity index (χ1n) is 6.83. The van der Waals surface area contributed by atoms with Crippen LogP contribution in [0.15, 0.2) is 22.7 Å². The predicted octanol–water partition coefficient (Wildman–Crippen LogP) is 3.43. The van der Waals surface area contributed by atoms with Gasteiger partial charge in [0.2, 0.25) is 0 Å². The molecule has 0 aromatic heterocycles. The Morgan fingerprint density at radius 3 is 3.11 bits per heavy atom. The lowest BCUT2D eigenvalue weighted by molar-refractivity contribution is 0.227. The average molecular weight is 312 g/mol. The summed E-state index contributed by atoms with van der Waals surface area (Å²) in [7, 11) is 0. The first kappa shape index (κ1) is 14.0. The first-order valence-corrected chi connectivity index (χ1v) is 7.62. The smallest absolute Gasteiger partial charge is 0.0456 e. The number of fused-ring (bicyclic) bond motifs is 1. The van der Waals surface area contributed by atoms with Crippen LogP contribution < -0.4 is 5.32 Å². The molecule has 2 N–H and O–H groups in total. The maximum atomic E-state index is 8.98. The van der Waals surface area contributed by atoms with E-state index >= 15 is 0 Å². The van der Waals surface area contributed by atoms with Gasteiger partial charge in [-0.3, -0.25) is 0 Å². The number of benzene rings is 1. The molecule has 0 aliphatic heterocycles. The van der Waals surface area contributed by atoms with Crippen molar-refractivity contribution in [2.24, 2.45) is 5.92 Å². The molecule has 2 nitrogen and oxygen atoms in total. The van der Waals surface area contributed by atoms with E-state index in [9.17, 15) is 0 Å². The number of aliphatic hydroxyl groups excluding tert-OH is 1. The van der Waals surface area contributed by atoms with Gasteiger partial charge < -0.3 is 10.4 Å². The lowest BCUT2D eigenvalue weighted by Crippen LogP contribution is -2.21. The van der Waals surface area contributed by atoms with E-state index < -0.39 is 0 Å². The Morgan fingerprint density at radius 1 is 1.50 bits per heavy atom. The number of halogens is 1. The molecule has 0 amide bonds. The maximum Gasteiger partial charge on any atom is 0.0456 e. The van der Waals surface area contributed by atoms with E-state index in [1.54, 1.807) is 0 Å². The largest absolute Gasteiger partial charge is 0.396 e. The molecule has 0 fully saturated rings. The maximum absolute atomic E-state index is 8.98. The molecule has 3 heteroatoms. The van der Waals surface area contributed by atoms with Crippen molar-refractivity contribution in [2.45, 2.75) is 38.6 Å². The van der Waals surface area contributed by atoms with Crippen molar-refractivity contribution in [3.8, 4) is 0 Å². The van der Waals surface area contributed by atoms with Crippen LogP contribution >= 0.6 is 15.9 Å². The number of hydrogen-bond donors (Lipinski definition) is 2. The van der Waals surface area contributed by atoms with Crippen LogP contribution in [0.4, 0.5) is 0 Å².